The van der Waals surface area contributed by atoms with E-state index in [0.29, 0.717) is 18.4 Å². The molecule has 1 aliphatic carbocycles. The summed E-state index contributed by atoms with van der Waals surface area (Å²) < 4.78 is 5.27. The molecule has 3 nitrogen and oxygen atoms in total. The van der Waals surface area contributed by atoms with E-state index >= 15 is 0 Å². The summed E-state index contributed by atoms with van der Waals surface area (Å²) in [5.41, 5.74) is 3.83. The molecule has 0 saturated heterocycles. The number of carbonyl (C=O) groups is 1. The van der Waals surface area contributed by atoms with Crippen LogP contribution in [0.1, 0.15) is 63.0 Å². The van der Waals surface area contributed by atoms with Gasteiger partial charge in [0.05, 0.1) is 6.61 Å². The van der Waals surface area contributed by atoms with E-state index in [1.807, 2.05) is 6.92 Å². The molecule has 0 bridgehead atoms. The summed E-state index contributed by atoms with van der Waals surface area (Å²) in [7, 11) is 0. The van der Waals surface area contributed by atoms with Gasteiger partial charge in [0.1, 0.15) is 6.04 Å². The molecule has 1 heterocycles. The van der Waals surface area contributed by atoms with E-state index in [1.54, 1.807) is 0 Å². The van der Waals surface area contributed by atoms with Crippen LogP contribution in [0.25, 0.3) is 0 Å². The molecule has 0 fully saturated rings. The van der Waals surface area contributed by atoms with E-state index in [9.17, 15) is 4.79 Å². The van der Waals surface area contributed by atoms with Crippen LogP contribution in [-0.4, -0.2) is 18.6 Å². The summed E-state index contributed by atoms with van der Waals surface area (Å²) in [6, 6.07) is 6.46. The van der Waals surface area contributed by atoms with Crippen molar-refractivity contribution >= 4 is 11.7 Å². The van der Waals surface area contributed by atoms with Gasteiger partial charge in [-0.25, -0.2) is 4.79 Å². The number of benzene rings is 1. The molecule has 0 radical (unpaired) electrons. The number of anilines is 1. The van der Waals surface area contributed by atoms with Crippen LogP contribution in [0.3, 0.4) is 0 Å². The van der Waals surface area contributed by atoms with Crippen LogP contribution in [0.2, 0.25) is 0 Å². The smallest absolute Gasteiger partial charge is 0.328 e. The molecule has 23 heavy (non-hydrogen) atoms. The maximum absolute atomic E-state index is 12.3. The average molecular weight is 313 g/mol. The average Bonchev–Trinajstić information content (AvgIpc) is 3.04. The largest absolute Gasteiger partial charge is 0.464 e. The van der Waals surface area contributed by atoms with Gasteiger partial charge in [0.25, 0.3) is 0 Å². The molecule has 2 aliphatic rings. The van der Waals surface area contributed by atoms with Crippen molar-refractivity contribution in [3.63, 3.8) is 0 Å². The highest BCUT2D eigenvalue weighted by Gasteiger charge is 2.41. The molecule has 1 aromatic rings. The van der Waals surface area contributed by atoms with E-state index < -0.39 is 0 Å². The van der Waals surface area contributed by atoms with E-state index in [-0.39, 0.29) is 17.9 Å². The first-order valence-corrected chi connectivity index (χ1v) is 8.89. The van der Waals surface area contributed by atoms with Gasteiger partial charge in [-0.2, -0.15) is 0 Å². The van der Waals surface area contributed by atoms with Gasteiger partial charge in [0.2, 0.25) is 0 Å². The Kier molecular flexibility index (Phi) is 4.74. The monoisotopic (exact) mass is 313 g/mol. The standard InChI is InChI=1S/C20H27NO2/c1-4-7-13(3)14-10-11-18-17(12-14)15-8-6-9-16(15)19(21-18)20(22)23-5-2/h6,8,10-13,15-16,19,21H,4-5,7,9H2,1-3H3. The highest BCUT2D eigenvalue weighted by molar-refractivity contribution is 5.82. The molecule has 3 rings (SSSR count). The summed E-state index contributed by atoms with van der Waals surface area (Å²) in [6.45, 7) is 6.82. The van der Waals surface area contributed by atoms with Gasteiger partial charge in [-0.3, -0.25) is 0 Å². The van der Waals surface area contributed by atoms with Gasteiger partial charge in [0, 0.05) is 17.5 Å². The Labute approximate surface area is 139 Å². The number of ether oxygens (including phenoxy) is 1. The number of nitrogens with one attached hydrogen (secondary N) is 1. The molecule has 0 amide bonds. The van der Waals surface area contributed by atoms with Gasteiger partial charge >= 0.3 is 5.97 Å². The number of allylic oxidation sites excluding steroid dienone is 2. The minimum Gasteiger partial charge on any atom is -0.464 e. The Morgan fingerprint density at radius 3 is 2.96 bits per heavy atom. The summed E-state index contributed by atoms with van der Waals surface area (Å²) >= 11 is 0. The first-order valence-electron chi connectivity index (χ1n) is 8.89. The van der Waals surface area contributed by atoms with Crippen LogP contribution in [0, 0.1) is 5.92 Å². The zero-order valence-corrected chi connectivity index (χ0v) is 14.3. The van der Waals surface area contributed by atoms with E-state index in [2.05, 4.69) is 49.5 Å². The topological polar surface area (TPSA) is 38.3 Å². The minimum atomic E-state index is -0.235. The summed E-state index contributed by atoms with van der Waals surface area (Å²) in [5.74, 6) is 1.06. The molecule has 3 heteroatoms. The number of esters is 1. The second kappa shape index (κ2) is 6.77. The van der Waals surface area contributed by atoms with Crippen molar-refractivity contribution < 1.29 is 9.53 Å². The van der Waals surface area contributed by atoms with Crippen LogP contribution >= 0.6 is 0 Å². The summed E-state index contributed by atoms with van der Waals surface area (Å²) in [6.07, 6.45) is 7.83. The number of carbonyl (C=O) groups excluding carboxylic acids is 1. The van der Waals surface area contributed by atoms with Crippen LogP contribution in [0.4, 0.5) is 5.69 Å². The molecule has 4 unspecified atom stereocenters. The normalized spacial score (nSPS) is 26.1. The van der Waals surface area contributed by atoms with Crippen molar-refractivity contribution in [1.82, 2.24) is 0 Å². The van der Waals surface area contributed by atoms with Crippen LogP contribution in [0.15, 0.2) is 30.4 Å². The number of hydrogen-bond acceptors (Lipinski definition) is 3. The van der Waals surface area contributed by atoms with Crippen molar-refractivity contribution in [2.24, 2.45) is 5.92 Å². The second-order valence-electron chi connectivity index (χ2n) is 6.76. The third-order valence-corrected chi connectivity index (χ3v) is 5.22. The van der Waals surface area contributed by atoms with E-state index in [4.69, 9.17) is 4.74 Å². The Morgan fingerprint density at radius 2 is 2.22 bits per heavy atom. The van der Waals surface area contributed by atoms with Gasteiger partial charge < -0.3 is 10.1 Å². The lowest BCUT2D eigenvalue weighted by Crippen LogP contribution is -2.43. The van der Waals surface area contributed by atoms with Crippen LogP contribution in [0.5, 0.6) is 0 Å². The van der Waals surface area contributed by atoms with Gasteiger partial charge in [-0.05, 0) is 42.9 Å². The second-order valence-corrected chi connectivity index (χ2v) is 6.76. The van der Waals surface area contributed by atoms with Crippen molar-refractivity contribution in [3.05, 3.63) is 41.5 Å². The highest BCUT2D eigenvalue weighted by Crippen LogP contribution is 2.45. The minimum absolute atomic E-state index is 0.125. The predicted octanol–water partition coefficient (Wildman–Crippen LogP) is 4.61. The molecule has 1 aliphatic heterocycles. The fraction of sp³-hybridized carbons (Fsp3) is 0.550. The fourth-order valence-corrected chi connectivity index (χ4v) is 3.98. The number of fused-ring (bicyclic) bond motifs is 3. The Hall–Kier alpha value is -1.77. The zero-order chi connectivity index (χ0) is 16.4. The summed E-state index contributed by atoms with van der Waals surface area (Å²) in [5, 5.41) is 3.44. The van der Waals surface area contributed by atoms with Crippen molar-refractivity contribution in [1.29, 1.82) is 0 Å². The van der Waals surface area contributed by atoms with Gasteiger partial charge in [-0.1, -0.05) is 44.6 Å². The zero-order valence-electron chi connectivity index (χ0n) is 14.3. The molecule has 4 atom stereocenters. The Morgan fingerprint density at radius 1 is 1.39 bits per heavy atom. The summed E-state index contributed by atoms with van der Waals surface area (Å²) in [4.78, 5) is 12.3. The Balaban J connectivity index is 1.91. The third kappa shape index (κ3) is 3.01. The molecule has 1 N–H and O–H groups in total. The van der Waals surface area contributed by atoms with E-state index in [0.717, 1.165) is 12.1 Å². The lowest BCUT2D eigenvalue weighted by molar-refractivity contribution is -0.145. The molecule has 1 aromatic carbocycles. The first-order chi connectivity index (χ1) is 11.2. The number of hydrogen-bond donors (Lipinski definition) is 1. The molecule has 0 aromatic heterocycles. The van der Waals surface area contributed by atoms with Crippen LogP contribution in [-0.2, 0) is 9.53 Å². The predicted molar refractivity (Wildman–Crippen MR) is 93.8 cm³/mol. The molecule has 0 saturated carbocycles. The quantitative estimate of drug-likeness (QED) is 0.637. The van der Waals surface area contributed by atoms with E-state index in [1.165, 1.54) is 24.0 Å². The highest BCUT2D eigenvalue weighted by atomic mass is 16.5. The SMILES string of the molecule is CCCC(C)c1ccc2c(c1)C1C=CCC1C(C(=O)OCC)N2. The van der Waals surface area contributed by atoms with Gasteiger partial charge in [-0.15, -0.1) is 0 Å². The van der Waals surface area contributed by atoms with Crippen LogP contribution < -0.4 is 5.32 Å². The molecular weight excluding hydrogens is 286 g/mol. The maximum Gasteiger partial charge on any atom is 0.328 e. The lowest BCUT2D eigenvalue weighted by atomic mass is 9.78. The lowest BCUT2D eigenvalue weighted by Gasteiger charge is -2.36. The maximum atomic E-state index is 12.3. The van der Waals surface area contributed by atoms with Crippen molar-refractivity contribution in [2.45, 2.75) is 57.9 Å². The Bertz CT molecular complexity index is 608. The third-order valence-electron chi connectivity index (χ3n) is 5.22. The van der Waals surface area contributed by atoms with Crippen molar-refractivity contribution in [2.75, 3.05) is 11.9 Å². The fourth-order valence-electron chi connectivity index (χ4n) is 3.98. The van der Waals surface area contributed by atoms with Crippen molar-refractivity contribution in [3.8, 4) is 0 Å². The van der Waals surface area contributed by atoms with Gasteiger partial charge in [0.15, 0.2) is 0 Å². The molecular formula is C20H27NO2. The first kappa shape index (κ1) is 16.1. The molecule has 0 spiro atoms. The molecule has 124 valence electrons. The number of rotatable bonds is 5.